The van der Waals surface area contributed by atoms with Gasteiger partial charge in [-0.1, -0.05) is 0 Å². The molecule has 6 nitrogen and oxygen atoms in total. The molecule has 1 aromatic heterocycles. The number of piperidine rings is 1. The summed E-state index contributed by atoms with van der Waals surface area (Å²) in [5.41, 5.74) is 2.45. The number of nitrogens with two attached hydrogens (primary N) is 1. The average molecular weight is 223 g/mol. The molecule has 2 heterocycles. The van der Waals surface area contributed by atoms with Crippen LogP contribution in [-0.4, -0.2) is 36.3 Å². The van der Waals surface area contributed by atoms with Crippen molar-refractivity contribution in [2.24, 2.45) is 5.84 Å². The lowest BCUT2D eigenvalue weighted by Crippen LogP contribution is -2.37. The van der Waals surface area contributed by atoms with Crippen LogP contribution in [0, 0.1) is 0 Å². The molecule has 0 amide bonds. The van der Waals surface area contributed by atoms with Gasteiger partial charge in [-0.25, -0.2) is 10.8 Å². The molecule has 0 atom stereocenters. The second kappa shape index (κ2) is 5.09. The summed E-state index contributed by atoms with van der Waals surface area (Å²) in [6.07, 6.45) is 4.16. The van der Waals surface area contributed by atoms with E-state index < -0.39 is 0 Å². The number of nitrogen functional groups attached to an aromatic ring is 1. The SMILES string of the molecule is COC1CCN(c2ccnc(NN)n2)CC1. The van der Waals surface area contributed by atoms with Crippen molar-refractivity contribution >= 4 is 11.8 Å². The summed E-state index contributed by atoms with van der Waals surface area (Å²) >= 11 is 0. The predicted molar refractivity (Wildman–Crippen MR) is 62.1 cm³/mol. The summed E-state index contributed by atoms with van der Waals surface area (Å²) in [5, 5.41) is 0. The third-order valence-electron chi connectivity index (χ3n) is 2.87. The Morgan fingerprint density at radius 2 is 2.25 bits per heavy atom. The molecule has 0 spiro atoms. The van der Waals surface area contributed by atoms with Crippen molar-refractivity contribution in [1.82, 2.24) is 9.97 Å². The van der Waals surface area contributed by atoms with E-state index in [9.17, 15) is 0 Å². The molecular weight excluding hydrogens is 206 g/mol. The summed E-state index contributed by atoms with van der Waals surface area (Å²) in [4.78, 5) is 10.5. The molecule has 6 heteroatoms. The maximum absolute atomic E-state index is 5.33. The molecular formula is C10H17N5O. The Morgan fingerprint density at radius 3 is 2.88 bits per heavy atom. The lowest BCUT2D eigenvalue weighted by Gasteiger charge is -2.32. The van der Waals surface area contributed by atoms with Gasteiger partial charge in [0, 0.05) is 26.4 Å². The van der Waals surface area contributed by atoms with Gasteiger partial charge in [-0.2, -0.15) is 4.98 Å². The van der Waals surface area contributed by atoms with Gasteiger partial charge in [0.25, 0.3) is 0 Å². The molecule has 0 saturated carbocycles. The van der Waals surface area contributed by atoms with E-state index in [1.54, 1.807) is 13.3 Å². The number of rotatable bonds is 3. The molecule has 1 fully saturated rings. The van der Waals surface area contributed by atoms with Crippen molar-refractivity contribution in [3.63, 3.8) is 0 Å². The molecule has 0 aliphatic carbocycles. The van der Waals surface area contributed by atoms with E-state index in [4.69, 9.17) is 10.6 Å². The number of hydrazine groups is 1. The predicted octanol–water partition coefficient (Wildman–Crippen LogP) is 0.377. The van der Waals surface area contributed by atoms with E-state index in [2.05, 4.69) is 20.3 Å². The van der Waals surface area contributed by atoms with Crippen LogP contribution in [0.25, 0.3) is 0 Å². The Kier molecular flexibility index (Phi) is 3.53. The van der Waals surface area contributed by atoms with Crippen molar-refractivity contribution in [1.29, 1.82) is 0 Å². The smallest absolute Gasteiger partial charge is 0.239 e. The summed E-state index contributed by atoms with van der Waals surface area (Å²) < 4.78 is 5.33. The van der Waals surface area contributed by atoms with Gasteiger partial charge in [-0.15, -0.1) is 0 Å². The number of ether oxygens (including phenoxy) is 1. The van der Waals surface area contributed by atoms with Gasteiger partial charge in [0.15, 0.2) is 0 Å². The van der Waals surface area contributed by atoms with Gasteiger partial charge in [0.2, 0.25) is 5.95 Å². The summed E-state index contributed by atoms with van der Waals surface area (Å²) in [6, 6.07) is 1.90. The van der Waals surface area contributed by atoms with Crippen molar-refractivity contribution in [2.75, 3.05) is 30.5 Å². The first-order chi connectivity index (χ1) is 7.83. The minimum Gasteiger partial charge on any atom is -0.381 e. The van der Waals surface area contributed by atoms with Crippen molar-refractivity contribution in [3.8, 4) is 0 Å². The highest BCUT2D eigenvalue weighted by molar-refractivity contribution is 5.42. The molecule has 0 unspecified atom stereocenters. The van der Waals surface area contributed by atoms with E-state index in [-0.39, 0.29) is 0 Å². The Hall–Kier alpha value is -1.40. The Balaban J connectivity index is 2.02. The molecule has 0 radical (unpaired) electrons. The summed E-state index contributed by atoms with van der Waals surface area (Å²) in [7, 11) is 1.77. The molecule has 3 N–H and O–H groups in total. The quantitative estimate of drug-likeness (QED) is 0.570. The minimum absolute atomic E-state index is 0.380. The standard InChI is InChI=1S/C10H17N5O/c1-16-8-3-6-15(7-4-8)9-2-5-12-10(13-9)14-11/h2,5,8H,3-4,6-7,11H2,1H3,(H,12,13,14). The topological polar surface area (TPSA) is 76.3 Å². The van der Waals surface area contributed by atoms with Gasteiger partial charge < -0.3 is 9.64 Å². The first kappa shape index (κ1) is 11.1. The second-order valence-corrected chi connectivity index (χ2v) is 3.80. The fourth-order valence-corrected chi connectivity index (χ4v) is 1.92. The molecule has 16 heavy (non-hydrogen) atoms. The van der Waals surface area contributed by atoms with E-state index in [0.717, 1.165) is 31.7 Å². The van der Waals surface area contributed by atoms with Crippen LogP contribution in [0.15, 0.2) is 12.3 Å². The minimum atomic E-state index is 0.380. The normalized spacial score (nSPS) is 17.5. The average Bonchev–Trinajstić information content (AvgIpc) is 2.39. The van der Waals surface area contributed by atoms with Crippen molar-refractivity contribution in [3.05, 3.63) is 12.3 Å². The molecule has 1 saturated heterocycles. The zero-order chi connectivity index (χ0) is 11.4. The van der Waals surface area contributed by atoms with E-state index in [1.807, 2.05) is 6.07 Å². The number of nitrogens with one attached hydrogen (secondary N) is 1. The van der Waals surface area contributed by atoms with Crippen LogP contribution in [0.1, 0.15) is 12.8 Å². The lowest BCUT2D eigenvalue weighted by atomic mass is 10.1. The molecule has 0 aromatic carbocycles. The van der Waals surface area contributed by atoms with Crippen LogP contribution in [0.3, 0.4) is 0 Å². The highest BCUT2D eigenvalue weighted by atomic mass is 16.5. The van der Waals surface area contributed by atoms with Crippen LogP contribution in [0.2, 0.25) is 0 Å². The van der Waals surface area contributed by atoms with E-state index in [1.165, 1.54) is 0 Å². The molecule has 1 aromatic rings. The zero-order valence-corrected chi connectivity index (χ0v) is 9.39. The largest absolute Gasteiger partial charge is 0.381 e. The first-order valence-corrected chi connectivity index (χ1v) is 5.41. The Labute approximate surface area is 94.8 Å². The zero-order valence-electron chi connectivity index (χ0n) is 9.39. The summed E-state index contributed by atoms with van der Waals surface area (Å²) in [6.45, 7) is 1.92. The number of hydrogen-bond acceptors (Lipinski definition) is 6. The van der Waals surface area contributed by atoms with Gasteiger partial charge in [0.05, 0.1) is 6.10 Å². The van der Waals surface area contributed by atoms with Crippen molar-refractivity contribution in [2.45, 2.75) is 18.9 Å². The highest BCUT2D eigenvalue weighted by Gasteiger charge is 2.19. The van der Waals surface area contributed by atoms with Crippen LogP contribution in [-0.2, 0) is 4.74 Å². The third-order valence-corrected chi connectivity index (χ3v) is 2.87. The number of nitrogens with zero attached hydrogens (tertiary/aromatic N) is 3. The second-order valence-electron chi connectivity index (χ2n) is 3.80. The van der Waals surface area contributed by atoms with Gasteiger partial charge >= 0.3 is 0 Å². The third kappa shape index (κ3) is 2.40. The van der Waals surface area contributed by atoms with Gasteiger partial charge in [-0.05, 0) is 18.9 Å². The number of methoxy groups -OCH3 is 1. The highest BCUT2D eigenvalue weighted by Crippen LogP contribution is 2.19. The van der Waals surface area contributed by atoms with Crippen LogP contribution >= 0.6 is 0 Å². The summed E-state index contributed by atoms with van der Waals surface area (Å²) in [5.74, 6) is 6.64. The maximum atomic E-state index is 5.33. The van der Waals surface area contributed by atoms with Gasteiger partial charge in [0.1, 0.15) is 5.82 Å². The molecule has 1 aliphatic heterocycles. The fourth-order valence-electron chi connectivity index (χ4n) is 1.92. The number of hydrogen-bond donors (Lipinski definition) is 2. The van der Waals surface area contributed by atoms with Crippen LogP contribution in [0.5, 0.6) is 0 Å². The fraction of sp³-hybridized carbons (Fsp3) is 0.600. The monoisotopic (exact) mass is 223 g/mol. The Bertz CT molecular complexity index is 338. The van der Waals surface area contributed by atoms with E-state index >= 15 is 0 Å². The Morgan fingerprint density at radius 1 is 1.50 bits per heavy atom. The van der Waals surface area contributed by atoms with Gasteiger partial charge in [-0.3, -0.25) is 5.43 Å². The molecule has 1 aliphatic rings. The number of anilines is 2. The van der Waals surface area contributed by atoms with Crippen molar-refractivity contribution < 1.29 is 4.74 Å². The van der Waals surface area contributed by atoms with Crippen LogP contribution < -0.4 is 16.2 Å². The van der Waals surface area contributed by atoms with Crippen LogP contribution in [0.4, 0.5) is 11.8 Å². The number of aromatic nitrogens is 2. The first-order valence-electron chi connectivity index (χ1n) is 5.41. The molecule has 2 rings (SSSR count). The maximum Gasteiger partial charge on any atom is 0.239 e. The van der Waals surface area contributed by atoms with E-state index in [0.29, 0.717) is 12.1 Å². The molecule has 88 valence electrons. The lowest BCUT2D eigenvalue weighted by molar-refractivity contribution is 0.0818. The molecule has 0 bridgehead atoms.